The first-order chi connectivity index (χ1) is 36.7. The number of hydrogen-bond acceptors (Lipinski definition) is 14. The van der Waals surface area contributed by atoms with E-state index in [4.69, 9.17) is 40.1 Å². The predicted molar refractivity (Wildman–Crippen MR) is 283 cm³/mol. The lowest BCUT2D eigenvalue weighted by molar-refractivity contribution is -0.142. The number of nitrogens with one attached hydrogen (secondary N) is 9. The number of aliphatic imine (C=N–C) groups is 2. The number of H-pyrrole nitrogens is 1. The number of unbranched alkanes of at least 4 members (excludes halogenated alkanes) is 1. The lowest BCUT2D eigenvalue weighted by Crippen LogP contribution is -2.59. The van der Waals surface area contributed by atoms with Gasteiger partial charge in [-0.3, -0.25) is 53.1 Å². The lowest BCUT2D eigenvalue weighted by atomic mass is 10.0. The third kappa shape index (κ3) is 23.5. The molecule has 0 aliphatic carbocycles. The molecule has 2 aromatic carbocycles. The third-order valence-electron chi connectivity index (χ3n) is 11.5. The SMILES string of the molecule is NCCCC[C@H](NC(=O)CNC(=O)CNC(=O)[C@H](Cc1c[nH]c2ccccc12)NC(=O)CN)C(=O)N[C@@H](CCCN=C(N)N)C(=O)N[C@@H](CCCN=C(N)N)C(=O)N[C@@H](CC(N)=O)C(=O)N[C@@H](Cc1ccccc1)C(=O)O. The molecule has 77 heavy (non-hydrogen) atoms. The summed E-state index contributed by atoms with van der Waals surface area (Å²) in [6.07, 6.45) is 1.47. The van der Waals surface area contributed by atoms with Crippen molar-refractivity contribution in [2.45, 2.75) is 100 Å². The zero-order valence-electron chi connectivity index (χ0n) is 42.5. The molecule has 0 unspecified atom stereocenters. The van der Waals surface area contributed by atoms with E-state index in [-0.39, 0.29) is 76.5 Å². The predicted octanol–water partition coefficient (Wildman–Crippen LogP) is -5.75. The number of nitrogens with zero attached hydrogens (tertiary/aromatic N) is 2. The van der Waals surface area contributed by atoms with Crippen LogP contribution in [0, 0.1) is 0 Å². The van der Waals surface area contributed by atoms with Crippen molar-refractivity contribution in [3.63, 3.8) is 0 Å². The van der Waals surface area contributed by atoms with Crippen molar-refractivity contribution < 1.29 is 53.1 Å². The maximum Gasteiger partial charge on any atom is 0.326 e. The molecule has 9 amide bonds. The quantitative estimate of drug-likeness (QED) is 0.0148. The molecule has 3 rings (SSSR count). The van der Waals surface area contributed by atoms with Crippen LogP contribution in [0.1, 0.15) is 62.5 Å². The number of para-hydroxylation sites is 1. The maximum atomic E-state index is 14.2. The zero-order chi connectivity index (χ0) is 56.9. The van der Waals surface area contributed by atoms with Gasteiger partial charge < -0.3 is 92.8 Å². The molecule has 29 nitrogen and oxygen atoms in total. The van der Waals surface area contributed by atoms with Gasteiger partial charge >= 0.3 is 5.97 Å². The molecule has 0 bridgehead atoms. The summed E-state index contributed by atoms with van der Waals surface area (Å²) >= 11 is 0. The van der Waals surface area contributed by atoms with E-state index < -0.39 is 121 Å². The number of aromatic nitrogens is 1. The van der Waals surface area contributed by atoms with Crippen LogP contribution < -0.4 is 82.7 Å². The van der Waals surface area contributed by atoms with Crippen molar-refractivity contribution in [3.8, 4) is 0 Å². The average molecular weight is 1080 g/mol. The summed E-state index contributed by atoms with van der Waals surface area (Å²) in [5.74, 6) is -9.76. The van der Waals surface area contributed by atoms with Gasteiger partial charge in [0.2, 0.25) is 53.2 Å². The molecule has 29 heteroatoms. The van der Waals surface area contributed by atoms with Gasteiger partial charge in [-0.1, -0.05) is 48.5 Å². The van der Waals surface area contributed by atoms with Crippen LogP contribution in [0.2, 0.25) is 0 Å². The second-order valence-corrected chi connectivity index (χ2v) is 17.6. The Morgan fingerprint density at radius 2 is 1.03 bits per heavy atom. The molecular weight excluding hydrogens is 1000 g/mol. The van der Waals surface area contributed by atoms with E-state index in [9.17, 15) is 53.1 Å². The third-order valence-corrected chi connectivity index (χ3v) is 11.5. The van der Waals surface area contributed by atoms with Gasteiger partial charge in [0.05, 0.1) is 26.1 Å². The van der Waals surface area contributed by atoms with Crippen molar-refractivity contribution in [2.24, 2.45) is 50.1 Å². The van der Waals surface area contributed by atoms with E-state index in [2.05, 4.69) is 57.5 Å². The van der Waals surface area contributed by atoms with E-state index in [1.807, 2.05) is 24.3 Å². The Bertz CT molecular complexity index is 2550. The molecule has 1 heterocycles. The molecule has 1 aromatic heterocycles. The van der Waals surface area contributed by atoms with Crippen molar-refractivity contribution in [2.75, 3.05) is 39.3 Å². The Morgan fingerprint density at radius 1 is 0.519 bits per heavy atom. The molecule has 0 saturated carbocycles. The number of carbonyl (C=O) groups excluding carboxylic acids is 9. The molecule has 0 aliphatic rings. The molecular formula is C48H72N18O11. The van der Waals surface area contributed by atoms with Crippen LogP contribution >= 0.6 is 0 Å². The highest BCUT2D eigenvalue weighted by Crippen LogP contribution is 2.19. The van der Waals surface area contributed by atoms with Crippen molar-refractivity contribution in [1.29, 1.82) is 0 Å². The highest BCUT2D eigenvalue weighted by Gasteiger charge is 2.33. The van der Waals surface area contributed by atoms with Crippen molar-refractivity contribution in [3.05, 3.63) is 71.9 Å². The van der Waals surface area contributed by atoms with E-state index in [1.54, 1.807) is 36.5 Å². The van der Waals surface area contributed by atoms with Crippen LogP contribution in [0.4, 0.5) is 0 Å². The first-order valence-corrected chi connectivity index (χ1v) is 24.7. The molecule has 3 aromatic rings. The summed E-state index contributed by atoms with van der Waals surface area (Å²) < 4.78 is 0. The highest BCUT2D eigenvalue weighted by molar-refractivity contribution is 5.98. The number of amides is 9. The largest absolute Gasteiger partial charge is 0.480 e. The maximum absolute atomic E-state index is 14.2. The van der Waals surface area contributed by atoms with Crippen LogP contribution in [0.3, 0.4) is 0 Å². The zero-order valence-corrected chi connectivity index (χ0v) is 42.5. The summed E-state index contributed by atoms with van der Waals surface area (Å²) in [5.41, 5.74) is 40.6. The van der Waals surface area contributed by atoms with Crippen molar-refractivity contribution >= 4 is 82.0 Å². The minimum absolute atomic E-state index is 0.000165. The number of nitrogens with two attached hydrogens (primary N) is 7. The number of carboxylic acids is 1. The van der Waals surface area contributed by atoms with Crippen LogP contribution in [0.25, 0.3) is 10.9 Å². The number of rotatable bonds is 35. The van der Waals surface area contributed by atoms with Gasteiger partial charge in [0, 0.05) is 43.0 Å². The normalized spacial score (nSPS) is 13.1. The van der Waals surface area contributed by atoms with Gasteiger partial charge in [-0.05, 0) is 68.7 Å². The Labute approximate surface area is 443 Å². The lowest BCUT2D eigenvalue weighted by Gasteiger charge is -2.27. The van der Waals surface area contributed by atoms with Gasteiger partial charge in [0.25, 0.3) is 0 Å². The number of aromatic amines is 1. The number of benzene rings is 2. The van der Waals surface area contributed by atoms with Gasteiger partial charge in [-0.25, -0.2) is 4.79 Å². The second kappa shape index (κ2) is 33.1. The molecule has 6 atom stereocenters. The van der Waals surface area contributed by atoms with Crippen molar-refractivity contribution in [1.82, 2.24) is 47.5 Å². The van der Waals surface area contributed by atoms with Crippen LogP contribution in [0.15, 0.2) is 70.8 Å². The van der Waals surface area contributed by atoms with E-state index in [0.29, 0.717) is 18.4 Å². The number of aliphatic carboxylic acids is 1. The number of carbonyl (C=O) groups is 10. The summed E-state index contributed by atoms with van der Waals surface area (Å²) in [6.45, 7) is -1.43. The van der Waals surface area contributed by atoms with Gasteiger partial charge in [0.15, 0.2) is 11.9 Å². The summed E-state index contributed by atoms with van der Waals surface area (Å²) in [5, 5.41) is 30.5. The molecule has 0 aliphatic heterocycles. The van der Waals surface area contributed by atoms with Gasteiger partial charge in [-0.2, -0.15) is 0 Å². The van der Waals surface area contributed by atoms with Gasteiger partial charge in [0.1, 0.15) is 36.3 Å². The Balaban J connectivity index is 1.77. The van der Waals surface area contributed by atoms with Gasteiger partial charge in [-0.15, -0.1) is 0 Å². The number of guanidine groups is 2. The first-order valence-electron chi connectivity index (χ1n) is 24.7. The number of primary amides is 1. The molecule has 0 radical (unpaired) electrons. The molecule has 0 fully saturated rings. The van der Waals surface area contributed by atoms with Crippen LogP contribution in [0.5, 0.6) is 0 Å². The minimum atomic E-state index is -1.71. The topological polar surface area (TPSA) is 510 Å². The van der Waals surface area contributed by atoms with Crippen LogP contribution in [-0.2, 0) is 60.8 Å². The minimum Gasteiger partial charge on any atom is -0.480 e. The summed E-state index contributed by atoms with van der Waals surface area (Å²) in [4.78, 5) is 143. The molecule has 420 valence electrons. The fourth-order valence-electron chi connectivity index (χ4n) is 7.62. The smallest absolute Gasteiger partial charge is 0.326 e. The second-order valence-electron chi connectivity index (χ2n) is 17.6. The first kappa shape index (κ1) is 62.4. The Hall–Kier alpha value is -8.86. The molecule has 0 spiro atoms. The summed E-state index contributed by atoms with van der Waals surface area (Å²) in [7, 11) is 0. The van der Waals surface area contributed by atoms with E-state index >= 15 is 0 Å². The summed E-state index contributed by atoms with van der Waals surface area (Å²) in [6, 6.07) is 7.12. The van der Waals surface area contributed by atoms with E-state index in [0.717, 1.165) is 16.5 Å². The fourth-order valence-corrected chi connectivity index (χ4v) is 7.62. The number of carboxylic acid groups (broad SMARTS) is 1. The fraction of sp³-hybridized carbons (Fsp3) is 0.458. The van der Waals surface area contributed by atoms with Crippen LogP contribution in [-0.4, -0.2) is 157 Å². The monoisotopic (exact) mass is 1080 g/mol. The standard InChI is InChI=1S/C48H72N18O11/c49-17-7-6-14-31(61-40(70)26-59-39(69)25-60-41(71)34(62-38(68)23-50)21-28-24-58-30-13-5-4-12-29(28)30)42(72)63-32(15-8-18-56-47(52)53)43(73)64-33(16-9-19-57-48(54)55)44(74)65-35(22-37(51)67)45(75)66-36(46(76)77)20-27-10-2-1-3-11-27/h1-5,10-13,24,31-36,58H,6-9,14-23,25-26,49-50H2,(H2,51,67)(H,59,69)(H,60,71)(H,61,70)(H,62,68)(H,63,72)(H,64,73)(H,65,74)(H,66,75)(H,76,77)(H4,52,53,56)(H4,54,55,57)/t31-,32-,33-,34-,35-,36-/m0/s1. The average Bonchev–Trinajstić information content (AvgIpc) is 3.80. The number of hydrogen-bond donors (Lipinski definition) is 17. The van der Waals surface area contributed by atoms with E-state index in [1.165, 1.54) is 0 Å². The number of fused-ring (bicyclic) bond motifs is 1. The molecule has 24 N–H and O–H groups in total. The Morgan fingerprint density at radius 3 is 1.58 bits per heavy atom. The highest BCUT2D eigenvalue weighted by atomic mass is 16.4. The molecule has 0 saturated heterocycles. The Kier molecular flexibility index (Phi) is 26.9.